The zero-order chi connectivity index (χ0) is 23.5. The highest BCUT2D eigenvalue weighted by molar-refractivity contribution is 7.99. The predicted molar refractivity (Wildman–Crippen MR) is 133 cm³/mol. The smallest absolute Gasteiger partial charge is 0.255 e. The number of thioether (sulfide) groups is 1. The van der Waals surface area contributed by atoms with E-state index in [1.807, 2.05) is 57.2 Å². The summed E-state index contributed by atoms with van der Waals surface area (Å²) in [6.07, 6.45) is 1.03. The molecule has 2 heterocycles. The lowest BCUT2D eigenvalue weighted by Gasteiger charge is -2.29. The summed E-state index contributed by atoms with van der Waals surface area (Å²) < 4.78 is 7.26. The van der Waals surface area contributed by atoms with Crippen molar-refractivity contribution in [2.75, 3.05) is 23.5 Å². The molecule has 0 saturated carbocycles. The maximum atomic E-state index is 13.6. The van der Waals surface area contributed by atoms with Crippen molar-refractivity contribution in [2.24, 2.45) is 0 Å². The number of nitrogens with one attached hydrogen (secondary N) is 2. The highest BCUT2D eigenvalue weighted by Crippen LogP contribution is 2.37. The van der Waals surface area contributed by atoms with Gasteiger partial charge in [0.25, 0.3) is 5.91 Å². The van der Waals surface area contributed by atoms with Crippen LogP contribution in [0.5, 0.6) is 5.75 Å². The topological polar surface area (TPSA) is 81.1 Å². The molecule has 1 aromatic heterocycles. The number of benzene rings is 2. The van der Waals surface area contributed by atoms with E-state index in [1.165, 1.54) is 0 Å². The third kappa shape index (κ3) is 4.75. The number of allylic oxidation sites excluding steroid dienone is 1. The van der Waals surface area contributed by atoms with E-state index >= 15 is 0 Å². The van der Waals surface area contributed by atoms with Gasteiger partial charge in [0, 0.05) is 17.1 Å². The van der Waals surface area contributed by atoms with Gasteiger partial charge in [-0.2, -0.15) is 4.98 Å². The normalized spacial score (nSPS) is 15.1. The first kappa shape index (κ1) is 22.9. The summed E-state index contributed by atoms with van der Waals surface area (Å²) in [6.45, 7) is 8.06. The Kier molecular flexibility index (Phi) is 6.74. The van der Waals surface area contributed by atoms with Crippen molar-refractivity contribution in [1.82, 2.24) is 14.8 Å². The number of nitrogens with zero attached hydrogens (tertiary/aromatic N) is 3. The summed E-state index contributed by atoms with van der Waals surface area (Å²) in [5.41, 5.74) is 5.20. The Hall–Kier alpha value is -3.26. The van der Waals surface area contributed by atoms with Gasteiger partial charge in [0.1, 0.15) is 11.8 Å². The van der Waals surface area contributed by atoms with Crippen molar-refractivity contribution in [1.29, 1.82) is 0 Å². The molecule has 2 N–H and O–H groups in total. The van der Waals surface area contributed by atoms with E-state index in [0.717, 1.165) is 46.0 Å². The third-order valence-electron chi connectivity index (χ3n) is 5.55. The van der Waals surface area contributed by atoms with Crippen LogP contribution in [0.1, 0.15) is 43.0 Å². The average Bonchev–Trinajstić information content (AvgIpc) is 3.20. The second kappa shape index (κ2) is 9.70. The molecular weight excluding hydrogens is 434 g/mol. The Balaban J connectivity index is 1.77. The molecule has 7 nitrogen and oxygen atoms in total. The first-order valence-corrected chi connectivity index (χ1v) is 12.0. The molecule has 1 aliphatic rings. The average molecular weight is 464 g/mol. The highest BCUT2D eigenvalue weighted by atomic mass is 32.2. The van der Waals surface area contributed by atoms with Crippen LogP contribution in [0.3, 0.4) is 0 Å². The lowest BCUT2D eigenvalue weighted by Crippen LogP contribution is -2.31. The Morgan fingerprint density at radius 3 is 2.76 bits per heavy atom. The number of methoxy groups -OCH3 is 1. The van der Waals surface area contributed by atoms with E-state index in [4.69, 9.17) is 9.84 Å². The van der Waals surface area contributed by atoms with Gasteiger partial charge < -0.3 is 15.4 Å². The standard InChI is InChI=1S/C25H29N5O2S/c1-6-12-33-25-28-24-26-17(4)21(23(31)27-20-11-10-15(2)13-16(20)3)22(30(24)29-25)18-8-7-9-19(14-18)32-5/h7-11,13-14,22H,6,12H2,1-5H3,(H,27,31)(H,26,28,29). The van der Waals surface area contributed by atoms with Crippen LogP contribution < -0.4 is 15.4 Å². The van der Waals surface area contributed by atoms with Crippen molar-refractivity contribution in [3.63, 3.8) is 0 Å². The number of aryl methyl sites for hydroxylation is 2. The minimum Gasteiger partial charge on any atom is -0.497 e. The molecule has 1 amide bonds. The molecule has 1 aliphatic heterocycles. The molecule has 8 heteroatoms. The van der Waals surface area contributed by atoms with E-state index < -0.39 is 6.04 Å². The van der Waals surface area contributed by atoms with E-state index in [-0.39, 0.29) is 5.91 Å². The van der Waals surface area contributed by atoms with Crippen LogP contribution in [-0.4, -0.2) is 33.5 Å². The van der Waals surface area contributed by atoms with E-state index in [0.29, 0.717) is 16.7 Å². The second-order valence-electron chi connectivity index (χ2n) is 8.13. The minimum absolute atomic E-state index is 0.177. The van der Waals surface area contributed by atoms with Crippen molar-refractivity contribution < 1.29 is 9.53 Å². The van der Waals surface area contributed by atoms with Crippen molar-refractivity contribution >= 4 is 29.3 Å². The Morgan fingerprint density at radius 1 is 1.21 bits per heavy atom. The fourth-order valence-electron chi connectivity index (χ4n) is 3.94. The van der Waals surface area contributed by atoms with Gasteiger partial charge in [0.2, 0.25) is 11.1 Å². The molecule has 1 atom stereocenters. The van der Waals surface area contributed by atoms with Crippen LogP contribution in [0, 0.1) is 13.8 Å². The lowest BCUT2D eigenvalue weighted by atomic mass is 9.94. The number of rotatable bonds is 7. The number of carbonyl (C=O) groups is 1. The molecule has 0 aliphatic carbocycles. The quantitative estimate of drug-likeness (QED) is 0.461. The first-order valence-electron chi connectivity index (χ1n) is 11.0. The summed E-state index contributed by atoms with van der Waals surface area (Å²) in [4.78, 5) is 18.3. The van der Waals surface area contributed by atoms with Crippen LogP contribution in [-0.2, 0) is 4.79 Å². The summed E-state index contributed by atoms with van der Waals surface area (Å²) in [7, 11) is 1.64. The summed E-state index contributed by atoms with van der Waals surface area (Å²) in [6, 6.07) is 13.3. The number of fused-ring (bicyclic) bond motifs is 1. The molecule has 33 heavy (non-hydrogen) atoms. The van der Waals surface area contributed by atoms with Crippen LogP contribution in [0.2, 0.25) is 0 Å². The van der Waals surface area contributed by atoms with E-state index in [9.17, 15) is 4.79 Å². The van der Waals surface area contributed by atoms with Gasteiger partial charge in [-0.05, 0) is 56.5 Å². The Labute approximate surface area is 198 Å². The number of hydrogen-bond donors (Lipinski definition) is 2. The van der Waals surface area contributed by atoms with Crippen molar-refractivity contribution in [2.45, 2.75) is 45.3 Å². The molecule has 0 saturated heterocycles. The number of hydrogen-bond acceptors (Lipinski definition) is 6. The van der Waals surface area contributed by atoms with Crippen molar-refractivity contribution in [3.05, 3.63) is 70.4 Å². The molecule has 4 rings (SSSR count). The van der Waals surface area contributed by atoms with Gasteiger partial charge in [-0.1, -0.05) is 48.5 Å². The first-order chi connectivity index (χ1) is 15.9. The zero-order valence-electron chi connectivity index (χ0n) is 19.6. The molecule has 0 radical (unpaired) electrons. The molecule has 3 aromatic rings. The number of carbonyl (C=O) groups excluding carboxylic acids is 1. The van der Waals surface area contributed by atoms with Crippen molar-refractivity contribution in [3.8, 4) is 5.75 Å². The third-order valence-corrected chi connectivity index (χ3v) is 6.60. The zero-order valence-corrected chi connectivity index (χ0v) is 20.4. The maximum Gasteiger partial charge on any atom is 0.255 e. The number of amides is 1. The molecule has 172 valence electrons. The molecular formula is C25H29N5O2S. The maximum absolute atomic E-state index is 13.6. The van der Waals surface area contributed by atoms with Gasteiger partial charge in [0.15, 0.2) is 0 Å². The van der Waals surface area contributed by atoms with Crippen LogP contribution in [0.15, 0.2) is 58.9 Å². The SMILES string of the molecule is CCCSc1nc2n(n1)C(c1cccc(OC)c1)C(C(=O)Nc1ccc(C)cc1C)=C(C)N2. The molecule has 0 bridgehead atoms. The second-order valence-corrected chi connectivity index (χ2v) is 9.19. The van der Waals surface area contributed by atoms with Crippen LogP contribution in [0.25, 0.3) is 0 Å². The van der Waals surface area contributed by atoms with Gasteiger partial charge in [0.05, 0.1) is 12.7 Å². The highest BCUT2D eigenvalue weighted by Gasteiger charge is 2.34. The van der Waals surface area contributed by atoms with Gasteiger partial charge in [-0.25, -0.2) is 4.68 Å². The Bertz CT molecular complexity index is 1220. The molecule has 2 aromatic carbocycles. The molecule has 0 fully saturated rings. The molecule has 1 unspecified atom stereocenters. The minimum atomic E-state index is -0.439. The summed E-state index contributed by atoms with van der Waals surface area (Å²) in [5, 5.41) is 11.8. The summed E-state index contributed by atoms with van der Waals surface area (Å²) >= 11 is 1.61. The largest absolute Gasteiger partial charge is 0.497 e. The van der Waals surface area contributed by atoms with Gasteiger partial charge in [-0.15, -0.1) is 5.10 Å². The lowest BCUT2D eigenvalue weighted by molar-refractivity contribution is -0.113. The number of ether oxygens (including phenoxy) is 1. The van der Waals surface area contributed by atoms with E-state index in [1.54, 1.807) is 23.6 Å². The van der Waals surface area contributed by atoms with E-state index in [2.05, 4.69) is 28.6 Å². The monoisotopic (exact) mass is 463 g/mol. The molecule has 0 spiro atoms. The van der Waals surface area contributed by atoms with Crippen LogP contribution >= 0.6 is 11.8 Å². The van der Waals surface area contributed by atoms with Gasteiger partial charge in [-0.3, -0.25) is 4.79 Å². The van der Waals surface area contributed by atoms with Gasteiger partial charge >= 0.3 is 0 Å². The predicted octanol–water partition coefficient (Wildman–Crippen LogP) is 5.33. The Morgan fingerprint density at radius 2 is 2.03 bits per heavy atom. The van der Waals surface area contributed by atoms with Crippen LogP contribution in [0.4, 0.5) is 11.6 Å². The fraction of sp³-hybridized carbons (Fsp3) is 0.320. The number of aromatic nitrogens is 3. The number of anilines is 2. The fourth-order valence-corrected chi connectivity index (χ4v) is 4.63. The summed E-state index contributed by atoms with van der Waals surface area (Å²) in [5.74, 6) is 2.10.